The van der Waals surface area contributed by atoms with E-state index in [1.165, 1.54) is 12.8 Å². The second-order valence-electron chi connectivity index (χ2n) is 9.23. The summed E-state index contributed by atoms with van der Waals surface area (Å²) in [6.07, 6.45) is 8.86. The number of carboxylic acids is 1. The van der Waals surface area contributed by atoms with Gasteiger partial charge in [-0.2, -0.15) is 0 Å². The summed E-state index contributed by atoms with van der Waals surface area (Å²) < 4.78 is 12.7. The molecule has 0 radical (unpaired) electrons. The number of carbonyl (C=O) groups excluding carboxylic acids is 1. The Morgan fingerprint density at radius 2 is 1.97 bits per heavy atom. The predicted molar refractivity (Wildman–Crippen MR) is 118 cm³/mol. The number of rotatable bonds is 12. The molecule has 0 aliphatic heterocycles. The molecule has 2 atom stereocenters. The maximum absolute atomic E-state index is 11.8. The van der Waals surface area contributed by atoms with E-state index in [2.05, 4.69) is 21.8 Å². The first-order valence-corrected chi connectivity index (χ1v) is 11.6. The van der Waals surface area contributed by atoms with Gasteiger partial charge in [0.1, 0.15) is 0 Å². The van der Waals surface area contributed by atoms with Gasteiger partial charge in [-0.3, -0.25) is 4.79 Å². The van der Waals surface area contributed by atoms with Crippen LogP contribution in [0.5, 0.6) is 0 Å². The Bertz CT molecular complexity index is 683. The van der Waals surface area contributed by atoms with Gasteiger partial charge < -0.3 is 24.5 Å². The Morgan fingerprint density at radius 3 is 2.61 bits per heavy atom. The zero-order valence-electron chi connectivity index (χ0n) is 19.4. The van der Waals surface area contributed by atoms with Crippen LogP contribution >= 0.6 is 0 Å². The van der Waals surface area contributed by atoms with Crippen LogP contribution in [0.2, 0.25) is 0 Å². The fraction of sp³-hybridized carbons (Fsp3) is 0.783. The van der Waals surface area contributed by atoms with E-state index in [9.17, 15) is 14.7 Å². The molecule has 2 N–H and O–H groups in total. The quantitative estimate of drug-likeness (QED) is 0.371. The summed E-state index contributed by atoms with van der Waals surface area (Å²) in [6, 6.07) is 0.475. The van der Waals surface area contributed by atoms with Crippen molar-refractivity contribution in [2.45, 2.75) is 85.0 Å². The van der Waals surface area contributed by atoms with Gasteiger partial charge in [-0.15, -0.1) is 0 Å². The number of hydrogen-bond acceptors (Lipinski definition) is 5. The van der Waals surface area contributed by atoms with Gasteiger partial charge in [0.25, 0.3) is 0 Å². The topological polar surface area (TPSA) is 103 Å². The zero-order valence-corrected chi connectivity index (χ0v) is 19.4. The Morgan fingerprint density at radius 1 is 1.26 bits per heavy atom. The molecule has 2 rings (SSSR count). The average Bonchev–Trinajstić information content (AvgIpc) is 3.17. The molecular weight excluding hydrogens is 398 g/mol. The minimum atomic E-state index is -0.834. The van der Waals surface area contributed by atoms with Crippen molar-refractivity contribution in [1.29, 1.82) is 0 Å². The third kappa shape index (κ3) is 9.29. The monoisotopic (exact) mass is 437 g/mol. The zero-order chi connectivity index (χ0) is 22.8. The highest BCUT2D eigenvalue weighted by Crippen LogP contribution is 2.31. The lowest BCUT2D eigenvalue weighted by atomic mass is 9.87. The maximum atomic E-state index is 11.8. The first kappa shape index (κ1) is 25.2. The van der Waals surface area contributed by atoms with E-state index in [4.69, 9.17) is 9.47 Å². The number of imidazole rings is 1. The van der Waals surface area contributed by atoms with Crippen molar-refractivity contribution in [3.63, 3.8) is 0 Å². The summed E-state index contributed by atoms with van der Waals surface area (Å²) in [7, 11) is 0. The summed E-state index contributed by atoms with van der Waals surface area (Å²) in [4.78, 5) is 27.9. The van der Waals surface area contributed by atoms with Crippen LogP contribution in [0.25, 0.3) is 0 Å². The Kier molecular flexibility index (Phi) is 10.3. The van der Waals surface area contributed by atoms with Gasteiger partial charge in [0.15, 0.2) is 0 Å². The number of carbonyl (C=O) groups is 2. The second-order valence-corrected chi connectivity index (χ2v) is 9.23. The lowest BCUT2D eigenvalue weighted by Gasteiger charge is -2.26. The lowest BCUT2D eigenvalue weighted by molar-refractivity contribution is -0.142. The number of aromatic nitrogens is 2. The predicted octanol–water partition coefficient (Wildman–Crippen LogP) is 4.40. The number of hydrogen-bond donors (Lipinski definition) is 2. The van der Waals surface area contributed by atoms with Gasteiger partial charge in [0, 0.05) is 25.2 Å². The van der Waals surface area contributed by atoms with E-state index in [0.717, 1.165) is 24.5 Å². The van der Waals surface area contributed by atoms with E-state index < -0.39 is 24.3 Å². The molecule has 31 heavy (non-hydrogen) atoms. The molecule has 0 unspecified atom stereocenters. The molecule has 1 fully saturated rings. The number of nitrogens with zero attached hydrogens (tertiary/aromatic N) is 2. The number of ether oxygens (including phenoxy) is 2. The van der Waals surface area contributed by atoms with Gasteiger partial charge in [-0.25, -0.2) is 9.78 Å². The number of carboxylic acid groups (broad SMARTS) is 1. The molecule has 1 aliphatic carbocycles. The van der Waals surface area contributed by atoms with Crippen LogP contribution in [0, 0.1) is 17.8 Å². The Hall–Kier alpha value is -2.09. The summed E-state index contributed by atoms with van der Waals surface area (Å²) in [6.45, 7) is 8.88. The molecule has 176 valence electrons. The average molecular weight is 438 g/mol. The first-order valence-electron chi connectivity index (χ1n) is 11.6. The molecule has 1 heterocycles. The summed E-state index contributed by atoms with van der Waals surface area (Å²) in [5.74, 6) is -0.211. The molecule has 1 aromatic rings. The highest BCUT2D eigenvalue weighted by molar-refractivity contribution is 5.70. The molecular formula is C23H39N3O5. The van der Waals surface area contributed by atoms with Crippen LogP contribution in [0.15, 0.2) is 12.5 Å². The fourth-order valence-electron chi connectivity index (χ4n) is 3.88. The SMILES string of the molecule is CC(C)CO[C@@H](C)OC(=O)NCCC[C@@H](Cc1cn(C2CCC(C)CC2)cn1)C(=O)O. The molecule has 1 saturated carbocycles. The minimum Gasteiger partial charge on any atom is -0.481 e. The number of nitrogens with one attached hydrogen (secondary N) is 1. The highest BCUT2D eigenvalue weighted by atomic mass is 16.7. The standard InChI is InChI=1S/C23H39N3O5/c1-16(2)14-30-18(4)31-23(29)24-11-5-6-19(22(27)28)12-20-13-26(15-25-20)21-9-7-17(3)8-10-21/h13,15-19,21H,5-12,14H2,1-4H3,(H,24,29)(H,27,28)/t17?,18-,19+,21?/m1/s1. The molecule has 8 heteroatoms. The van der Waals surface area contributed by atoms with Crippen LogP contribution in [0.1, 0.15) is 78.0 Å². The van der Waals surface area contributed by atoms with Crippen molar-refractivity contribution < 1.29 is 24.2 Å². The number of alkyl carbamates (subject to hydrolysis) is 1. The highest BCUT2D eigenvalue weighted by Gasteiger charge is 2.22. The van der Waals surface area contributed by atoms with Crippen molar-refractivity contribution in [2.75, 3.05) is 13.2 Å². The van der Waals surface area contributed by atoms with Gasteiger partial charge in [0.2, 0.25) is 6.29 Å². The molecule has 0 bridgehead atoms. The minimum absolute atomic E-state index is 0.355. The van der Waals surface area contributed by atoms with Crippen molar-refractivity contribution in [2.24, 2.45) is 17.8 Å². The Labute approximate surface area is 185 Å². The van der Waals surface area contributed by atoms with E-state index in [1.807, 2.05) is 26.4 Å². The first-order chi connectivity index (χ1) is 14.7. The molecule has 1 amide bonds. The van der Waals surface area contributed by atoms with Crippen LogP contribution < -0.4 is 5.32 Å². The van der Waals surface area contributed by atoms with E-state index in [1.54, 1.807) is 6.92 Å². The van der Waals surface area contributed by atoms with Crippen molar-refractivity contribution in [3.05, 3.63) is 18.2 Å². The van der Waals surface area contributed by atoms with E-state index in [-0.39, 0.29) is 0 Å². The third-order valence-corrected chi connectivity index (χ3v) is 5.80. The summed E-state index contributed by atoms with van der Waals surface area (Å²) >= 11 is 0. The van der Waals surface area contributed by atoms with Crippen LogP contribution in [-0.4, -0.2) is 46.2 Å². The molecule has 8 nitrogen and oxygen atoms in total. The van der Waals surface area contributed by atoms with Crippen LogP contribution in [-0.2, 0) is 20.7 Å². The molecule has 1 aliphatic rings. The van der Waals surface area contributed by atoms with Crippen molar-refractivity contribution in [1.82, 2.24) is 14.9 Å². The van der Waals surface area contributed by atoms with Gasteiger partial charge in [0.05, 0.1) is 24.5 Å². The van der Waals surface area contributed by atoms with Crippen LogP contribution in [0.3, 0.4) is 0 Å². The summed E-state index contributed by atoms with van der Waals surface area (Å²) in [5.41, 5.74) is 0.814. The smallest absolute Gasteiger partial charge is 0.409 e. The van der Waals surface area contributed by atoms with Gasteiger partial charge in [-0.1, -0.05) is 20.8 Å². The third-order valence-electron chi connectivity index (χ3n) is 5.80. The fourth-order valence-corrected chi connectivity index (χ4v) is 3.88. The van der Waals surface area contributed by atoms with Gasteiger partial charge in [-0.05, 0) is 57.3 Å². The van der Waals surface area contributed by atoms with E-state index >= 15 is 0 Å². The number of amides is 1. The van der Waals surface area contributed by atoms with Crippen LogP contribution in [0.4, 0.5) is 4.79 Å². The normalized spacial score (nSPS) is 20.9. The lowest BCUT2D eigenvalue weighted by Crippen LogP contribution is -2.30. The largest absolute Gasteiger partial charge is 0.481 e. The van der Waals surface area contributed by atoms with Crippen molar-refractivity contribution >= 4 is 12.1 Å². The van der Waals surface area contributed by atoms with Gasteiger partial charge >= 0.3 is 12.1 Å². The molecule has 0 aromatic carbocycles. The maximum Gasteiger partial charge on any atom is 0.409 e. The molecule has 1 aromatic heterocycles. The molecule has 0 saturated heterocycles. The Balaban J connectivity index is 1.71. The summed E-state index contributed by atoms with van der Waals surface area (Å²) in [5, 5.41) is 12.2. The van der Waals surface area contributed by atoms with E-state index in [0.29, 0.717) is 44.4 Å². The molecule has 0 spiro atoms. The van der Waals surface area contributed by atoms with Crippen molar-refractivity contribution in [3.8, 4) is 0 Å². The number of aliphatic carboxylic acids is 1. The second kappa shape index (κ2) is 12.7.